The van der Waals surface area contributed by atoms with Gasteiger partial charge in [-0.1, -0.05) is 12.2 Å². The van der Waals surface area contributed by atoms with Crippen molar-refractivity contribution in [3.05, 3.63) is 56.4 Å². The largest absolute Gasteiger partial charge is 0.364 e. The average Bonchev–Trinajstić information content (AvgIpc) is 2.99. The molecule has 0 radical (unpaired) electrons. The van der Waals surface area contributed by atoms with Gasteiger partial charge >= 0.3 is 0 Å². The van der Waals surface area contributed by atoms with Crippen LogP contribution in [0.1, 0.15) is 45.1 Å². The highest BCUT2D eigenvalue weighted by atomic mass is 32.1. The third kappa shape index (κ3) is 6.32. The Morgan fingerprint density at radius 2 is 1.93 bits per heavy atom. The molecule has 0 fully saturated rings. The van der Waals surface area contributed by atoms with Gasteiger partial charge in [0.1, 0.15) is 17.5 Å². The summed E-state index contributed by atoms with van der Waals surface area (Å²) < 4.78 is 14.0. The van der Waals surface area contributed by atoms with E-state index >= 15 is 0 Å². The molecule has 154 valence electrons. The number of aliphatic imine (C=N–C) groups is 2. The van der Waals surface area contributed by atoms with E-state index in [0.29, 0.717) is 23.3 Å². The second-order valence-corrected chi connectivity index (χ2v) is 7.73. The van der Waals surface area contributed by atoms with Gasteiger partial charge in [0, 0.05) is 7.05 Å². The van der Waals surface area contributed by atoms with E-state index in [2.05, 4.69) is 37.6 Å². The Bertz CT molecular complexity index is 1050. The molecule has 0 aliphatic rings. The smallest absolute Gasteiger partial charge is 0.159 e. The summed E-state index contributed by atoms with van der Waals surface area (Å²) >= 11 is 1.58. The lowest BCUT2D eigenvalue weighted by molar-refractivity contribution is 0.592. The number of hydrogen-bond donors (Lipinski definition) is 2. The summed E-state index contributed by atoms with van der Waals surface area (Å²) in [7, 11) is 1.73. The Kier molecular flexibility index (Phi) is 7.78. The van der Waals surface area contributed by atoms with Crippen molar-refractivity contribution in [2.24, 2.45) is 9.98 Å². The molecule has 0 saturated carbocycles. The first-order chi connectivity index (χ1) is 13.7. The first-order valence-corrected chi connectivity index (χ1v) is 10.0. The molecule has 0 aliphatic carbocycles. The van der Waals surface area contributed by atoms with Crippen molar-refractivity contribution in [3.8, 4) is 0 Å². The van der Waals surface area contributed by atoms with Crippen LogP contribution >= 0.6 is 11.3 Å². The number of aryl methyl sites for hydroxylation is 1. The molecular formula is C21H27FN6S. The van der Waals surface area contributed by atoms with Gasteiger partial charge in [0.05, 0.1) is 23.0 Å². The quantitative estimate of drug-likeness (QED) is 0.583. The van der Waals surface area contributed by atoms with Crippen molar-refractivity contribution < 1.29 is 4.39 Å². The van der Waals surface area contributed by atoms with Crippen LogP contribution in [-0.4, -0.2) is 28.7 Å². The molecule has 1 atom stereocenters. The normalized spacial score (nSPS) is 14.3. The Balaban J connectivity index is 2.40. The second-order valence-electron chi connectivity index (χ2n) is 6.85. The minimum atomic E-state index is -0.465. The Labute approximate surface area is 174 Å². The Morgan fingerprint density at radius 3 is 2.45 bits per heavy atom. The number of rotatable bonds is 5. The van der Waals surface area contributed by atoms with E-state index in [1.165, 1.54) is 0 Å². The van der Waals surface area contributed by atoms with Gasteiger partial charge in [-0.05, 0) is 56.9 Å². The van der Waals surface area contributed by atoms with Gasteiger partial charge in [-0.15, -0.1) is 11.3 Å². The predicted molar refractivity (Wildman–Crippen MR) is 120 cm³/mol. The van der Waals surface area contributed by atoms with Crippen LogP contribution in [0.25, 0.3) is 12.4 Å². The lowest BCUT2D eigenvalue weighted by Crippen LogP contribution is -2.33. The van der Waals surface area contributed by atoms with E-state index in [-0.39, 0.29) is 6.04 Å². The fraction of sp³-hybridized carbons (Fsp3) is 0.333. The highest BCUT2D eigenvalue weighted by Gasteiger charge is 2.10. The maximum atomic E-state index is 13.1. The van der Waals surface area contributed by atoms with Gasteiger partial charge in [0.2, 0.25) is 0 Å². The molecule has 0 unspecified atom stereocenters. The predicted octanol–water partition coefficient (Wildman–Crippen LogP) is 2.81. The summed E-state index contributed by atoms with van der Waals surface area (Å²) in [4.78, 5) is 17.1. The SMILES string of the molecule is C=c1c(C)cs/c1=C(/N=C(\C)N[C@@H](C)c1ncc(F)cn1)N/C(C=C(C)C)=N/C. The van der Waals surface area contributed by atoms with Crippen LogP contribution < -0.4 is 20.4 Å². The van der Waals surface area contributed by atoms with Crippen molar-refractivity contribution in [2.45, 2.75) is 40.7 Å². The maximum absolute atomic E-state index is 13.1. The maximum Gasteiger partial charge on any atom is 0.159 e. The zero-order valence-electron chi connectivity index (χ0n) is 17.7. The van der Waals surface area contributed by atoms with E-state index in [1.54, 1.807) is 18.4 Å². The van der Waals surface area contributed by atoms with E-state index in [9.17, 15) is 4.39 Å². The molecule has 2 rings (SSSR count). The number of nitrogens with zero attached hydrogens (tertiary/aromatic N) is 4. The van der Waals surface area contributed by atoms with Gasteiger partial charge in [-0.3, -0.25) is 4.99 Å². The number of aromatic nitrogens is 2. The number of amidine groups is 2. The standard InChI is InChI=1S/C21H27FN6S/c1-12(2)8-18(23-7)28-21(19-14(4)13(3)11-29-19)27-16(6)26-15(5)20-24-9-17(22)10-25-20/h8-11,15H,4H2,1-3,5-7H3,(H,23,28)(H,26,27)/b21-19-/t15-/m0/s1. The summed E-state index contributed by atoms with van der Waals surface area (Å²) in [6.45, 7) is 14.0. The highest BCUT2D eigenvalue weighted by molar-refractivity contribution is 7.08. The molecule has 0 aromatic carbocycles. The number of hydrogen-bond acceptors (Lipinski definition) is 5. The van der Waals surface area contributed by atoms with Crippen molar-refractivity contribution >= 4 is 35.4 Å². The summed E-state index contributed by atoms with van der Waals surface area (Å²) in [6.07, 6.45) is 4.26. The molecule has 2 heterocycles. The van der Waals surface area contributed by atoms with Gasteiger partial charge in [-0.2, -0.15) is 0 Å². The van der Waals surface area contributed by atoms with E-state index < -0.39 is 5.82 Å². The molecule has 8 heteroatoms. The average molecular weight is 415 g/mol. The van der Waals surface area contributed by atoms with Crippen molar-refractivity contribution in [1.29, 1.82) is 0 Å². The minimum Gasteiger partial charge on any atom is -0.364 e. The lowest BCUT2D eigenvalue weighted by Gasteiger charge is -2.14. The van der Waals surface area contributed by atoms with Gasteiger partial charge in [0.25, 0.3) is 0 Å². The molecule has 29 heavy (non-hydrogen) atoms. The van der Waals surface area contributed by atoms with Crippen LogP contribution in [0, 0.1) is 12.7 Å². The molecule has 2 N–H and O–H groups in total. The molecule has 0 saturated heterocycles. The molecule has 0 aliphatic heterocycles. The molecule has 6 nitrogen and oxygen atoms in total. The molecular weight excluding hydrogens is 387 g/mol. The zero-order valence-corrected chi connectivity index (χ0v) is 18.5. The third-order valence-electron chi connectivity index (χ3n) is 3.96. The molecule has 0 spiro atoms. The molecule has 0 bridgehead atoms. The molecule has 2 aromatic heterocycles. The first kappa shape index (κ1) is 22.4. The van der Waals surface area contributed by atoms with Crippen LogP contribution in [0.2, 0.25) is 0 Å². The van der Waals surface area contributed by atoms with E-state index in [0.717, 1.165) is 33.3 Å². The van der Waals surface area contributed by atoms with E-state index in [4.69, 9.17) is 4.99 Å². The second kappa shape index (κ2) is 10.1. The topological polar surface area (TPSA) is 74.6 Å². The Morgan fingerprint density at radius 1 is 1.28 bits per heavy atom. The highest BCUT2D eigenvalue weighted by Crippen LogP contribution is 2.07. The molecule has 2 aromatic rings. The van der Waals surface area contributed by atoms with Crippen molar-refractivity contribution in [3.63, 3.8) is 0 Å². The number of thiophene rings is 1. The third-order valence-corrected chi connectivity index (χ3v) is 5.11. The Hall–Kier alpha value is -2.87. The number of allylic oxidation sites excluding steroid dienone is 1. The van der Waals surface area contributed by atoms with Crippen LogP contribution in [0.4, 0.5) is 4.39 Å². The van der Waals surface area contributed by atoms with Gasteiger partial charge in [-0.25, -0.2) is 19.4 Å². The summed E-state index contributed by atoms with van der Waals surface area (Å²) in [6, 6.07) is -0.234. The van der Waals surface area contributed by atoms with Gasteiger partial charge in [0.15, 0.2) is 11.6 Å². The van der Waals surface area contributed by atoms with Crippen molar-refractivity contribution in [1.82, 2.24) is 20.6 Å². The zero-order chi connectivity index (χ0) is 21.6. The summed E-state index contributed by atoms with van der Waals surface area (Å²) in [5, 5.41) is 9.53. The summed E-state index contributed by atoms with van der Waals surface area (Å²) in [5.41, 5.74) is 2.23. The molecule has 0 amide bonds. The monoisotopic (exact) mass is 414 g/mol. The lowest BCUT2D eigenvalue weighted by atomic mass is 10.3. The minimum absolute atomic E-state index is 0.234. The van der Waals surface area contributed by atoms with Crippen LogP contribution in [-0.2, 0) is 0 Å². The summed E-state index contributed by atoms with van der Waals surface area (Å²) in [5.74, 6) is 2.04. The van der Waals surface area contributed by atoms with Crippen LogP contribution in [0.3, 0.4) is 0 Å². The van der Waals surface area contributed by atoms with Crippen LogP contribution in [0.5, 0.6) is 0 Å². The fourth-order valence-electron chi connectivity index (χ4n) is 2.48. The number of halogens is 1. The van der Waals surface area contributed by atoms with Crippen molar-refractivity contribution in [2.75, 3.05) is 7.05 Å². The first-order valence-electron chi connectivity index (χ1n) is 9.16. The fourth-order valence-corrected chi connectivity index (χ4v) is 3.43. The van der Waals surface area contributed by atoms with Crippen LogP contribution in [0.15, 0.2) is 39.4 Å². The number of nitrogens with one attached hydrogen (secondary N) is 2. The van der Waals surface area contributed by atoms with E-state index in [1.807, 2.05) is 40.7 Å². The van der Waals surface area contributed by atoms with Gasteiger partial charge < -0.3 is 10.6 Å².